The molecule has 1 aromatic carbocycles. The van der Waals surface area contributed by atoms with E-state index in [2.05, 4.69) is 5.32 Å². The summed E-state index contributed by atoms with van der Waals surface area (Å²) in [5.41, 5.74) is 0.775. The molecule has 2 atom stereocenters. The van der Waals surface area contributed by atoms with Gasteiger partial charge in [0, 0.05) is 18.8 Å². The zero-order valence-electron chi connectivity index (χ0n) is 13.3. The first-order valence-corrected chi connectivity index (χ1v) is 8.97. The van der Waals surface area contributed by atoms with Crippen LogP contribution in [0.25, 0.3) is 0 Å². The maximum absolute atomic E-state index is 12.9. The summed E-state index contributed by atoms with van der Waals surface area (Å²) in [5.74, 6) is -0.352. The number of urea groups is 1. The SMILES string of the molecule is CCS(=O)(=O)CC(C)N(C)C(=O)NC(C)c1ccc(F)cc1. The molecule has 22 heavy (non-hydrogen) atoms. The van der Waals surface area contributed by atoms with Crippen molar-refractivity contribution in [1.82, 2.24) is 10.2 Å². The molecule has 2 unspecified atom stereocenters. The second kappa shape index (κ2) is 7.58. The molecule has 2 amide bonds. The molecule has 0 saturated heterocycles. The quantitative estimate of drug-likeness (QED) is 0.871. The van der Waals surface area contributed by atoms with Crippen molar-refractivity contribution in [3.63, 3.8) is 0 Å². The van der Waals surface area contributed by atoms with Crippen molar-refractivity contribution in [2.45, 2.75) is 32.9 Å². The van der Waals surface area contributed by atoms with Crippen molar-refractivity contribution in [2.75, 3.05) is 18.6 Å². The molecule has 0 spiro atoms. The van der Waals surface area contributed by atoms with E-state index in [4.69, 9.17) is 0 Å². The topological polar surface area (TPSA) is 66.5 Å². The molecule has 1 rings (SSSR count). The number of nitrogens with zero attached hydrogens (tertiary/aromatic N) is 1. The molecule has 124 valence electrons. The van der Waals surface area contributed by atoms with E-state index in [1.165, 1.54) is 17.0 Å². The van der Waals surface area contributed by atoms with Crippen LogP contribution in [0.15, 0.2) is 24.3 Å². The van der Waals surface area contributed by atoms with E-state index in [1.807, 2.05) is 0 Å². The summed E-state index contributed by atoms with van der Waals surface area (Å²) in [4.78, 5) is 13.5. The Hall–Kier alpha value is -1.63. The first-order chi connectivity index (χ1) is 10.2. The number of carbonyl (C=O) groups is 1. The Morgan fingerprint density at radius 2 is 1.82 bits per heavy atom. The Kier molecular flexibility index (Phi) is 6.34. The fraction of sp³-hybridized carbons (Fsp3) is 0.533. The molecule has 0 fully saturated rings. The maximum atomic E-state index is 12.9. The fourth-order valence-electron chi connectivity index (χ4n) is 1.92. The minimum atomic E-state index is -3.15. The summed E-state index contributed by atoms with van der Waals surface area (Å²) in [7, 11) is -1.59. The number of sulfone groups is 1. The van der Waals surface area contributed by atoms with Gasteiger partial charge in [-0.3, -0.25) is 0 Å². The van der Waals surface area contributed by atoms with Crippen LogP contribution in [0.4, 0.5) is 9.18 Å². The van der Waals surface area contributed by atoms with Crippen molar-refractivity contribution in [1.29, 1.82) is 0 Å². The number of amides is 2. The van der Waals surface area contributed by atoms with Crippen LogP contribution in [0.5, 0.6) is 0 Å². The molecule has 7 heteroatoms. The second-order valence-electron chi connectivity index (χ2n) is 5.38. The smallest absolute Gasteiger partial charge is 0.317 e. The highest BCUT2D eigenvalue weighted by Crippen LogP contribution is 2.13. The summed E-state index contributed by atoms with van der Waals surface area (Å²) in [6.07, 6.45) is 0. The van der Waals surface area contributed by atoms with Gasteiger partial charge in [0.05, 0.1) is 11.8 Å². The monoisotopic (exact) mass is 330 g/mol. The molecular weight excluding hydrogens is 307 g/mol. The van der Waals surface area contributed by atoms with E-state index in [0.717, 1.165) is 5.56 Å². The molecule has 0 aromatic heterocycles. The van der Waals surface area contributed by atoms with Crippen LogP contribution in [0.2, 0.25) is 0 Å². The molecule has 0 bridgehead atoms. The predicted molar refractivity (Wildman–Crippen MR) is 84.9 cm³/mol. The van der Waals surface area contributed by atoms with E-state index in [9.17, 15) is 17.6 Å². The van der Waals surface area contributed by atoms with Gasteiger partial charge >= 0.3 is 6.03 Å². The van der Waals surface area contributed by atoms with Crippen LogP contribution >= 0.6 is 0 Å². The Morgan fingerprint density at radius 1 is 1.27 bits per heavy atom. The number of carbonyl (C=O) groups excluding carboxylic acids is 1. The summed E-state index contributed by atoms with van der Waals surface area (Å²) >= 11 is 0. The van der Waals surface area contributed by atoms with E-state index in [1.54, 1.807) is 40.0 Å². The number of hydrogen-bond acceptors (Lipinski definition) is 3. The van der Waals surface area contributed by atoms with E-state index in [0.29, 0.717) is 0 Å². The van der Waals surface area contributed by atoms with Crippen molar-refractivity contribution >= 4 is 15.9 Å². The van der Waals surface area contributed by atoms with E-state index < -0.39 is 15.9 Å². The number of hydrogen-bond donors (Lipinski definition) is 1. The van der Waals surface area contributed by atoms with Crippen molar-refractivity contribution in [2.24, 2.45) is 0 Å². The van der Waals surface area contributed by atoms with Crippen LogP contribution in [0.3, 0.4) is 0 Å². The van der Waals surface area contributed by atoms with E-state index in [-0.39, 0.29) is 29.4 Å². The predicted octanol–water partition coefficient (Wildman–Crippen LogP) is 2.35. The van der Waals surface area contributed by atoms with Gasteiger partial charge in [-0.15, -0.1) is 0 Å². The molecule has 0 aliphatic carbocycles. The molecule has 0 aliphatic rings. The Labute approximate surface area is 131 Å². The van der Waals surface area contributed by atoms with Crippen molar-refractivity contribution in [3.8, 4) is 0 Å². The maximum Gasteiger partial charge on any atom is 0.317 e. The highest BCUT2D eigenvalue weighted by molar-refractivity contribution is 7.91. The standard InChI is InChI=1S/C15H23FN2O3S/c1-5-22(20,21)10-11(2)18(4)15(19)17-12(3)13-6-8-14(16)9-7-13/h6-9,11-12H,5,10H2,1-4H3,(H,17,19). The lowest BCUT2D eigenvalue weighted by Gasteiger charge is -2.27. The normalized spacial score (nSPS) is 14.2. The van der Waals surface area contributed by atoms with Crippen LogP contribution in [0.1, 0.15) is 32.4 Å². The third kappa shape index (κ3) is 5.29. The summed E-state index contributed by atoms with van der Waals surface area (Å²) in [6.45, 7) is 5.06. The molecule has 0 saturated carbocycles. The van der Waals surface area contributed by atoms with Gasteiger partial charge in [-0.1, -0.05) is 19.1 Å². The zero-order valence-corrected chi connectivity index (χ0v) is 14.2. The van der Waals surface area contributed by atoms with Gasteiger partial charge in [0.2, 0.25) is 0 Å². The molecule has 0 aliphatic heterocycles. The largest absolute Gasteiger partial charge is 0.331 e. The van der Waals surface area contributed by atoms with Gasteiger partial charge in [0.25, 0.3) is 0 Å². The average Bonchev–Trinajstić information content (AvgIpc) is 2.46. The van der Waals surface area contributed by atoms with Gasteiger partial charge < -0.3 is 10.2 Å². The minimum absolute atomic E-state index is 0.0543. The van der Waals surface area contributed by atoms with Gasteiger partial charge in [-0.05, 0) is 31.5 Å². The van der Waals surface area contributed by atoms with Crippen LogP contribution < -0.4 is 5.32 Å². The number of nitrogens with one attached hydrogen (secondary N) is 1. The second-order valence-corrected chi connectivity index (χ2v) is 7.78. The summed E-state index contributed by atoms with van der Waals surface area (Å²) in [6, 6.07) is 4.78. The molecule has 0 radical (unpaired) electrons. The summed E-state index contributed by atoms with van der Waals surface area (Å²) < 4.78 is 36.1. The van der Waals surface area contributed by atoms with Crippen molar-refractivity contribution < 1.29 is 17.6 Å². The highest BCUT2D eigenvalue weighted by Gasteiger charge is 2.22. The number of halogens is 1. The minimum Gasteiger partial charge on any atom is -0.331 e. The Morgan fingerprint density at radius 3 is 2.32 bits per heavy atom. The lowest BCUT2D eigenvalue weighted by molar-refractivity contribution is 0.195. The molecular formula is C15H23FN2O3S. The lowest BCUT2D eigenvalue weighted by atomic mass is 10.1. The van der Waals surface area contributed by atoms with Crippen LogP contribution in [-0.4, -0.2) is 43.9 Å². The molecule has 1 N–H and O–H groups in total. The molecule has 0 heterocycles. The number of benzene rings is 1. The van der Waals surface area contributed by atoms with Crippen LogP contribution in [-0.2, 0) is 9.84 Å². The first-order valence-electron chi connectivity index (χ1n) is 7.15. The summed E-state index contributed by atoms with van der Waals surface area (Å²) in [5, 5.41) is 2.77. The first kappa shape index (κ1) is 18.4. The number of rotatable bonds is 6. The Balaban J connectivity index is 2.65. The van der Waals surface area contributed by atoms with Crippen LogP contribution in [0, 0.1) is 5.82 Å². The van der Waals surface area contributed by atoms with Gasteiger partial charge in [-0.25, -0.2) is 17.6 Å². The van der Waals surface area contributed by atoms with Gasteiger partial charge in [0.1, 0.15) is 5.82 Å². The lowest BCUT2D eigenvalue weighted by Crippen LogP contribution is -2.45. The third-order valence-corrected chi connectivity index (χ3v) is 5.50. The van der Waals surface area contributed by atoms with Gasteiger partial charge in [-0.2, -0.15) is 0 Å². The molecule has 1 aromatic rings. The van der Waals surface area contributed by atoms with Gasteiger partial charge in [0.15, 0.2) is 9.84 Å². The molecule has 5 nitrogen and oxygen atoms in total. The highest BCUT2D eigenvalue weighted by atomic mass is 32.2. The van der Waals surface area contributed by atoms with Crippen molar-refractivity contribution in [3.05, 3.63) is 35.6 Å². The average molecular weight is 330 g/mol. The fourth-order valence-corrected chi connectivity index (χ4v) is 3.11. The third-order valence-electron chi connectivity index (χ3n) is 3.63. The van der Waals surface area contributed by atoms with E-state index >= 15 is 0 Å². The Bertz CT molecular complexity index is 602. The zero-order chi connectivity index (χ0) is 16.9.